The largest absolute Gasteiger partial charge is 0.494 e. The van der Waals surface area contributed by atoms with Crippen molar-refractivity contribution >= 4 is 11.7 Å². The third-order valence-electron chi connectivity index (χ3n) is 2.23. The van der Waals surface area contributed by atoms with Crippen LogP contribution in [0.2, 0.25) is 0 Å². The molecule has 1 aromatic carbocycles. The number of hydrogen-bond acceptors (Lipinski definition) is 4. The minimum atomic E-state index is -0.707. The van der Waals surface area contributed by atoms with E-state index in [1.165, 1.54) is 43.9 Å². The Bertz CT molecular complexity index is 561. The molecule has 1 amide bonds. The lowest BCUT2D eigenvalue weighted by Crippen LogP contribution is -2.15. The molecular weight excluding hydrogens is 237 g/mol. The summed E-state index contributed by atoms with van der Waals surface area (Å²) in [5.74, 6) is -1.04. The van der Waals surface area contributed by atoms with Crippen LogP contribution in [0.5, 0.6) is 5.75 Å². The van der Waals surface area contributed by atoms with Crippen LogP contribution in [0.3, 0.4) is 0 Å². The SMILES string of the molecule is COc1cccc(C(=O)Nc2cnccn2)c1F. The number of benzene rings is 1. The molecule has 92 valence electrons. The Hall–Kier alpha value is -2.50. The number of amides is 1. The average molecular weight is 247 g/mol. The molecule has 0 atom stereocenters. The number of anilines is 1. The second kappa shape index (κ2) is 5.22. The molecule has 2 aromatic rings. The Balaban J connectivity index is 2.24. The Morgan fingerprint density at radius 2 is 2.22 bits per heavy atom. The predicted octanol–water partition coefficient (Wildman–Crippen LogP) is 1.88. The summed E-state index contributed by atoms with van der Waals surface area (Å²) in [5, 5.41) is 2.44. The van der Waals surface area contributed by atoms with E-state index in [9.17, 15) is 9.18 Å². The second-order valence-corrected chi connectivity index (χ2v) is 3.37. The first kappa shape index (κ1) is 12.0. The van der Waals surface area contributed by atoms with Crippen LogP contribution in [0.25, 0.3) is 0 Å². The first-order chi connectivity index (χ1) is 8.72. The van der Waals surface area contributed by atoms with Gasteiger partial charge in [0.25, 0.3) is 5.91 Å². The highest BCUT2D eigenvalue weighted by Crippen LogP contribution is 2.20. The van der Waals surface area contributed by atoms with Gasteiger partial charge in [-0.25, -0.2) is 9.37 Å². The Kier molecular flexibility index (Phi) is 3.47. The van der Waals surface area contributed by atoms with Crippen molar-refractivity contribution in [3.63, 3.8) is 0 Å². The molecule has 6 heteroatoms. The van der Waals surface area contributed by atoms with E-state index in [1.54, 1.807) is 0 Å². The highest BCUT2D eigenvalue weighted by Gasteiger charge is 2.15. The van der Waals surface area contributed by atoms with Crippen molar-refractivity contribution in [3.8, 4) is 5.75 Å². The number of hydrogen-bond donors (Lipinski definition) is 1. The molecular formula is C12H10FN3O2. The van der Waals surface area contributed by atoms with Crippen molar-refractivity contribution in [3.05, 3.63) is 48.2 Å². The van der Waals surface area contributed by atoms with Gasteiger partial charge in [-0.2, -0.15) is 0 Å². The van der Waals surface area contributed by atoms with Crippen LogP contribution in [0, 0.1) is 5.82 Å². The molecule has 0 spiro atoms. The molecule has 0 radical (unpaired) electrons. The second-order valence-electron chi connectivity index (χ2n) is 3.37. The molecule has 1 heterocycles. The maximum atomic E-state index is 13.8. The normalized spacial score (nSPS) is 9.89. The van der Waals surface area contributed by atoms with Crippen molar-refractivity contribution in [2.45, 2.75) is 0 Å². The van der Waals surface area contributed by atoms with Crippen LogP contribution in [-0.2, 0) is 0 Å². The highest BCUT2D eigenvalue weighted by molar-refractivity contribution is 6.04. The topological polar surface area (TPSA) is 64.1 Å². The Labute approximate surface area is 103 Å². The number of carbonyl (C=O) groups is 1. The molecule has 18 heavy (non-hydrogen) atoms. The maximum Gasteiger partial charge on any atom is 0.259 e. The fourth-order valence-electron chi connectivity index (χ4n) is 1.39. The minimum absolute atomic E-state index is 0.0156. The molecule has 0 aliphatic heterocycles. The molecule has 0 aliphatic carbocycles. The number of carbonyl (C=O) groups excluding carboxylic acids is 1. The van der Waals surface area contributed by atoms with Crippen LogP contribution in [0.15, 0.2) is 36.8 Å². The van der Waals surface area contributed by atoms with E-state index in [1.807, 2.05) is 0 Å². The number of methoxy groups -OCH3 is 1. The molecule has 0 aliphatic rings. The van der Waals surface area contributed by atoms with E-state index >= 15 is 0 Å². The van der Waals surface area contributed by atoms with Crippen LogP contribution in [0.4, 0.5) is 10.2 Å². The van der Waals surface area contributed by atoms with Crippen molar-refractivity contribution in [1.29, 1.82) is 0 Å². The lowest BCUT2D eigenvalue weighted by atomic mass is 10.2. The monoisotopic (exact) mass is 247 g/mol. The van der Waals surface area contributed by atoms with Crippen LogP contribution >= 0.6 is 0 Å². The van der Waals surface area contributed by atoms with E-state index in [4.69, 9.17) is 4.74 Å². The maximum absolute atomic E-state index is 13.8. The summed E-state index contributed by atoms with van der Waals surface area (Å²) in [4.78, 5) is 19.5. The first-order valence-electron chi connectivity index (χ1n) is 5.12. The third-order valence-corrected chi connectivity index (χ3v) is 2.23. The Morgan fingerprint density at radius 3 is 2.89 bits per heavy atom. The molecule has 0 bridgehead atoms. The zero-order valence-corrected chi connectivity index (χ0v) is 9.55. The minimum Gasteiger partial charge on any atom is -0.494 e. The zero-order valence-electron chi connectivity index (χ0n) is 9.55. The summed E-state index contributed by atoms with van der Waals surface area (Å²) in [7, 11) is 1.34. The number of nitrogens with one attached hydrogen (secondary N) is 1. The summed E-state index contributed by atoms with van der Waals surface area (Å²) in [6, 6.07) is 4.34. The van der Waals surface area contributed by atoms with Crippen LogP contribution in [-0.4, -0.2) is 23.0 Å². The van der Waals surface area contributed by atoms with Gasteiger partial charge in [-0.15, -0.1) is 0 Å². The summed E-state index contributed by atoms with van der Waals surface area (Å²) in [6.45, 7) is 0. The van der Waals surface area contributed by atoms with Gasteiger partial charge in [0.15, 0.2) is 17.4 Å². The first-order valence-corrected chi connectivity index (χ1v) is 5.12. The highest BCUT2D eigenvalue weighted by atomic mass is 19.1. The van der Waals surface area contributed by atoms with Gasteiger partial charge in [0.1, 0.15) is 0 Å². The quantitative estimate of drug-likeness (QED) is 0.899. The number of halogens is 1. The van der Waals surface area contributed by atoms with Gasteiger partial charge in [-0.05, 0) is 12.1 Å². The van der Waals surface area contributed by atoms with E-state index in [0.717, 1.165) is 0 Å². The van der Waals surface area contributed by atoms with Gasteiger partial charge < -0.3 is 10.1 Å². The van der Waals surface area contributed by atoms with E-state index < -0.39 is 11.7 Å². The summed E-state index contributed by atoms with van der Waals surface area (Å²) >= 11 is 0. The standard InChI is InChI=1S/C12H10FN3O2/c1-18-9-4-2-3-8(11(9)13)12(17)16-10-7-14-5-6-15-10/h2-7H,1H3,(H,15,16,17). The van der Waals surface area contributed by atoms with Gasteiger partial charge in [-0.3, -0.25) is 9.78 Å². The lowest BCUT2D eigenvalue weighted by Gasteiger charge is -2.07. The van der Waals surface area contributed by atoms with Gasteiger partial charge in [0, 0.05) is 12.4 Å². The lowest BCUT2D eigenvalue weighted by molar-refractivity contribution is 0.102. The van der Waals surface area contributed by atoms with Gasteiger partial charge in [-0.1, -0.05) is 6.07 Å². The molecule has 0 saturated carbocycles. The molecule has 0 saturated heterocycles. The van der Waals surface area contributed by atoms with Crippen molar-refractivity contribution in [2.24, 2.45) is 0 Å². The van der Waals surface area contributed by atoms with Crippen LogP contribution < -0.4 is 10.1 Å². The van der Waals surface area contributed by atoms with Gasteiger partial charge in [0.2, 0.25) is 0 Å². The average Bonchev–Trinajstić information content (AvgIpc) is 2.40. The smallest absolute Gasteiger partial charge is 0.259 e. The van der Waals surface area contributed by atoms with Crippen molar-refractivity contribution < 1.29 is 13.9 Å². The molecule has 2 rings (SSSR count). The molecule has 1 aromatic heterocycles. The summed E-state index contributed by atoms with van der Waals surface area (Å²) in [6.07, 6.45) is 4.27. The predicted molar refractivity (Wildman–Crippen MR) is 62.9 cm³/mol. The van der Waals surface area contributed by atoms with Crippen molar-refractivity contribution in [1.82, 2.24) is 9.97 Å². The fraction of sp³-hybridized carbons (Fsp3) is 0.0833. The van der Waals surface area contributed by atoms with Gasteiger partial charge >= 0.3 is 0 Å². The Morgan fingerprint density at radius 1 is 1.39 bits per heavy atom. The van der Waals surface area contributed by atoms with Crippen LogP contribution in [0.1, 0.15) is 10.4 Å². The number of aromatic nitrogens is 2. The summed E-state index contributed by atoms with van der Waals surface area (Å²) in [5.41, 5.74) is -0.111. The molecule has 1 N–H and O–H groups in total. The van der Waals surface area contributed by atoms with E-state index in [-0.39, 0.29) is 17.1 Å². The van der Waals surface area contributed by atoms with E-state index in [0.29, 0.717) is 0 Å². The molecule has 0 fully saturated rings. The number of rotatable bonds is 3. The van der Waals surface area contributed by atoms with Gasteiger partial charge in [0.05, 0.1) is 18.9 Å². The molecule has 0 unspecified atom stereocenters. The van der Waals surface area contributed by atoms with E-state index in [2.05, 4.69) is 15.3 Å². The molecule has 5 nitrogen and oxygen atoms in total. The van der Waals surface area contributed by atoms with Crippen molar-refractivity contribution in [2.75, 3.05) is 12.4 Å². The fourth-order valence-corrected chi connectivity index (χ4v) is 1.39. The number of ether oxygens (including phenoxy) is 1. The summed E-state index contributed by atoms with van der Waals surface area (Å²) < 4.78 is 18.6. The third kappa shape index (κ3) is 2.42. The zero-order chi connectivity index (χ0) is 13.0. The number of nitrogens with zero attached hydrogens (tertiary/aromatic N) is 2.